The van der Waals surface area contributed by atoms with E-state index in [1.54, 1.807) is 30.5 Å². The second kappa shape index (κ2) is 6.76. The highest BCUT2D eigenvalue weighted by molar-refractivity contribution is 5.94. The molecule has 5 rings (SSSR count). The van der Waals surface area contributed by atoms with Crippen LogP contribution in [0.4, 0.5) is 13.2 Å². The summed E-state index contributed by atoms with van der Waals surface area (Å²) in [6.45, 7) is 2.53. The molecule has 2 heterocycles. The largest absolute Gasteiger partial charge is 0.493 e. The van der Waals surface area contributed by atoms with Crippen LogP contribution in [-0.2, 0) is 0 Å². The number of fused-ring (bicyclic) bond motifs is 3. The molecule has 1 aliphatic heterocycles. The summed E-state index contributed by atoms with van der Waals surface area (Å²) in [6, 6.07) is 5.47. The zero-order valence-corrected chi connectivity index (χ0v) is 16.8. The van der Waals surface area contributed by atoms with Gasteiger partial charge < -0.3 is 9.47 Å². The van der Waals surface area contributed by atoms with E-state index in [0.717, 1.165) is 12.0 Å². The zero-order chi connectivity index (χ0) is 21.0. The molecule has 158 valence electrons. The molecular weight excluding hydrogens is 391 g/mol. The Morgan fingerprint density at radius 2 is 2.13 bits per heavy atom. The number of nitrogens with zero attached hydrogens (tertiary/aromatic N) is 1. The van der Waals surface area contributed by atoms with E-state index in [1.165, 1.54) is 0 Å². The summed E-state index contributed by atoms with van der Waals surface area (Å²) >= 11 is 0. The molecule has 30 heavy (non-hydrogen) atoms. The maximum atomic E-state index is 14.6. The van der Waals surface area contributed by atoms with Gasteiger partial charge in [-0.3, -0.25) is 4.98 Å². The van der Waals surface area contributed by atoms with Gasteiger partial charge in [0.15, 0.2) is 0 Å². The van der Waals surface area contributed by atoms with Crippen LogP contribution in [0.3, 0.4) is 0 Å². The van der Waals surface area contributed by atoms with Gasteiger partial charge in [-0.05, 0) is 50.0 Å². The average molecular weight is 415 g/mol. The van der Waals surface area contributed by atoms with Gasteiger partial charge in [0.05, 0.1) is 17.5 Å². The maximum Gasteiger partial charge on any atom is 0.398 e. The molecule has 3 atom stereocenters. The first-order valence-electron chi connectivity index (χ1n) is 10.6. The highest BCUT2D eigenvalue weighted by Gasteiger charge is 2.71. The van der Waals surface area contributed by atoms with Crippen LogP contribution in [0.5, 0.6) is 11.5 Å². The minimum absolute atomic E-state index is 0.0606. The molecule has 3 unspecified atom stereocenters. The Kier molecular flexibility index (Phi) is 4.38. The summed E-state index contributed by atoms with van der Waals surface area (Å²) in [5.41, 5.74) is -1.96. The molecule has 0 amide bonds. The van der Waals surface area contributed by atoms with Gasteiger partial charge in [-0.15, -0.1) is 0 Å². The van der Waals surface area contributed by atoms with Crippen molar-refractivity contribution in [3.63, 3.8) is 0 Å². The van der Waals surface area contributed by atoms with Crippen molar-refractivity contribution in [2.24, 2.45) is 11.3 Å². The van der Waals surface area contributed by atoms with E-state index < -0.39 is 17.2 Å². The van der Waals surface area contributed by atoms with Crippen molar-refractivity contribution >= 4 is 17.0 Å². The van der Waals surface area contributed by atoms with E-state index in [2.05, 4.69) is 4.98 Å². The van der Waals surface area contributed by atoms with Crippen LogP contribution in [0.15, 0.2) is 42.6 Å². The molecule has 0 N–H and O–H groups in total. The summed E-state index contributed by atoms with van der Waals surface area (Å²) in [5, 5.41) is 0.650. The quantitative estimate of drug-likeness (QED) is 0.538. The van der Waals surface area contributed by atoms with Gasteiger partial charge in [0.25, 0.3) is 0 Å². The SMILES string of the molecule is CCCOc1ccnc2ccc3c(c12)OC1(C=C3)C2C=CCC1(C(F)(F)F)CCC2. The number of alkyl halides is 3. The van der Waals surface area contributed by atoms with E-state index in [9.17, 15) is 13.2 Å². The van der Waals surface area contributed by atoms with Crippen molar-refractivity contribution in [1.29, 1.82) is 0 Å². The fraction of sp³-hybridized carbons (Fsp3) is 0.458. The molecule has 1 saturated carbocycles. The number of benzene rings is 1. The molecule has 2 bridgehead atoms. The van der Waals surface area contributed by atoms with Crippen molar-refractivity contribution in [3.8, 4) is 11.5 Å². The summed E-state index contributed by atoms with van der Waals surface area (Å²) in [7, 11) is 0. The van der Waals surface area contributed by atoms with Crippen LogP contribution in [-0.4, -0.2) is 23.4 Å². The number of rotatable bonds is 3. The van der Waals surface area contributed by atoms with Gasteiger partial charge in [-0.1, -0.05) is 31.6 Å². The van der Waals surface area contributed by atoms with Crippen LogP contribution < -0.4 is 9.47 Å². The molecule has 0 saturated heterocycles. The van der Waals surface area contributed by atoms with Gasteiger partial charge in [-0.2, -0.15) is 13.2 Å². The third kappa shape index (κ3) is 2.55. The zero-order valence-electron chi connectivity index (χ0n) is 16.8. The molecule has 1 fully saturated rings. The Morgan fingerprint density at radius 3 is 2.93 bits per heavy atom. The number of pyridine rings is 1. The number of halogens is 3. The minimum atomic E-state index is -4.37. The summed E-state index contributed by atoms with van der Waals surface area (Å²) in [6.07, 6.45) is 6.41. The van der Waals surface area contributed by atoms with E-state index in [4.69, 9.17) is 9.47 Å². The van der Waals surface area contributed by atoms with E-state index in [1.807, 2.05) is 25.1 Å². The summed E-state index contributed by atoms with van der Waals surface area (Å²) in [4.78, 5) is 4.41. The van der Waals surface area contributed by atoms with Crippen LogP contribution >= 0.6 is 0 Å². The molecule has 3 nitrogen and oxygen atoms in total. The van der Waals surface area contributed by atoms with Gasteiger partial charge >= 0.3 is 6.18 Å². The number of allylic oxidation sites excluding steroid dienone is 1. The lowest BCUT2D eigenvalue weighted by Crippen LogP contribution is -2.65. The summed E-state index contributed by atoms with van der Waals surface area (Å²) in [5.74, 6) is 0.727. The average Bonchev–Trinajstić information content (AvgIpc) is 2.71. The lowest BCUT2D eigenvalue weighted by Gasteiger charge is -2.58. The predicted octanol–water partition coefficient (Wildman–Crippen LogP) is 6.48. The first-order chi connectivity index (χ1) is 14.4. The first-order valence-corrected chi connectivity index (χ1v) is 10.6. The normalized spacial score (nSPS) is 29.7. The Morgan fingerprint density at radius 1 is 1.27 bits per heavy atom. The van der Waals surface area contributed by atoms with E-state index >= 15 is 0 Å². The maximum absolute atomic E-state index is 14.6. The Hall–Kier alpha value is -2.50. The molecule has 0 radical (unpaired) electrons. The third-order valence-corrected chi connectivity index (χ3v) is 6.89. The van der Waals surface area contributed by atoms with Gasteiger partial charge in [0.2, 0.25) is 0 Å². The fourth-order valence-corrected chi connectivity index (χ4v) is 5.45. The minimum Gasteiger partial charge on any atom is -0.493 e. The smallest absolute Gasteiger partial charge is 0.398 e. The summed E-state index contributed by atoms with van der Waals surface area (Å²) < 4.78 is 56.2. The second-order valence-corrected chi connectivity index (χ2v) is 8.47. The monoisotopic (exact) mass is 415 g/mol. The highest BCUT2D eigenvalue weighted by Crippen LogP contribution is 2.64. The van der Waals surface area contributed by atoms with Crippen LogP contribution in [0.1, 0.15) is 44.6 Å². The van der Waals surface area contributed by atoms with Crippen molar-refractivity contribution < 1.29 is 22.6 Å². The van der Waals surface area contributed by atoms with Crippen LogP contribution in [0, 0.1) is 11.3 Å². The van der Waals surface area contributed by atoms with Gasteiger partial charge in [0, 0.05) is 17.7 Å². The number of hydrogen-bond donors (Lipinski definition) is 0. The molecule has 2 aromatic rings. The highest BCUT2D eigenvalue weighted by atomic mass is 19.4. The van der Waals surface area contributed by atoms with E-state index in [-0.39, 0.29) is 18.8 Å². The van der Waals surface area contributed by atoms with Crippen molar-refractivity contribution in [3.05, 3.63) is 48.2 Å². The topological polar surface area (TPSA) is 31.4 Å². The number of hydrogen-bond acceptors (Lipinski definition) is 3. The molecule has 6 heteroatoms. The molecule has 2 aliphatic carbocycles. The Balaban J connectivity index is 1.72. The standard InChI is InChI=1S/C24H24F3NO2/c1-2-15-29-19-10-14-28-18-8-7-16-9-13-23(30-21(16)20(18)19)17-5-3-11-22(23,12-4-6-17)24(25,26)27/h3,5,7-10,13-14,17H,2,4,6,11-12,15H2,1H3. The molecule has 1 spiro atoms. The van der Waals surface area contributed by atoms with Crippen LogP contribution in [0.25, 0.3) is 17.0 Å². The Bertz CT molecular complexity index is 1040. The van der Waals surface area contributed by atoms with E-state index in [0.29, 0.717) is 41.9 Å². The first kappa shape index (κ1) is 19.5. The van der Waals surface area contributed by atoms with Crippen molar-refractivity contribution in [1.82, 2.24) is 4.98 Å². The number of aromatic nitrogens is 1. The van der Waals surface area contributed by atoms with Gasteiger partial charge in [0.1, 0.15) is 22.5 Å². The lowest BCUT2D eigenvalue weighted by molar-refractivity contribution is -0.288. The molecule has 1 aromatic heterocycles. The molecule has 3 aliphatic rings. The number of ether oxygens (including phenoxy) is 2. The third-order valence-electron chi connectivity index (χ3n) is 6.89. The second-order valence-electron chi connectivity index (χ2n) is 8.47. The van der Waals surface area contributed by atoms with Crippen molar-refractivity contribution in [2.45, 2.75) is 50.8 Å². The Labute approximate surface area is 173 Å². The fourth-order valence-electron chi connectivity index (χ4n) is 5.45. The molecular formula is C24H24F3NO2. The van der Waals surface area contributed by atoms with Gasteiger partial charge in [-0.25, -0.2) is 0 Å². The molecule has 1 aromatic carbocycles. The van der Waals surface area contributed by atoms with Crippen molar-refractivity contribution in [2.75, 3.05) is 6.61 Å². The lowest BCUT2D eigenvalue weighted by atomic mass is 9.53. The predicted molar refractivity (Wildman–Crippen MR) is 110 cm³/mol. The van der Waals surface area contributed by atoms with Crippen LogP contribution in [0.2, 0.25) is 0 Å².